The van der Waals surface area contributed by atoms with Gasteiger partial charge in [0.05, 0.1) is 5.52 Å². The highest BCUT2D eigenvalue weighted by molar-refractivity contribution is 6.31. The van der Waals surface area contributed by atoms with Crippen LogP contribution in [-0.2, 0) is 0 Å². The van der Waals surface area contributed by atoms with Crippen LogP contribution in [0.1, 0.15) is 11.3 Å². The zero-order chi connectivity index (χ0) is 11.0. The van der Waals surface area contributed by atoms with Gasteiger partial charge >= 0.3 is 0 Å². The SMILES string of the molecule is Cc1cc(C(=N)N)nc2ccc(Cl)cc12. The quantitative estimate of drug-likeness (QED) is 0.572. The molecule has 3 N–H and O–H groups in total. The van der Waals surface area contributed by atoms with E-state index in [9.17, 15) is 0 Å². The van der Waals surface area contributed by atoms with Crippen molar-refractivity contribution in [3.05, 3.63) is 40.5 Å². The Morgan fingerprint density at radius 2 is 2.13 bits per heavy atom. The summed E-state index contributed by atoms with van der Waals surface area (Å²) in [4.78, 5) is 4.27. The molecule has 1 aromatic heterocycles. The molecule has 2 rings (SSSR count). The van der Waals surface area contributed by atoms with Crippen LogP contribution in [0.3, 0.4) is 0 Å². The van der Waals surface area contributed by atoms with Gasteiger partial charge in [0, 0.05) is 10.4 Å². The van der Waals surface area contributed by atoms with Crippen molar-refractivity contribution >= 4 is 28.3 Å². The predicted molar refractivity (Wildman–Crippen MR) is 62.5 cm³/mol. The van der Waals surface area contributed by atoms with E-state index in [-0.39, 0.29) is 5.84 Å². The van der Waals surface area contributed by atoms with Crippen molar-refractivity contribution in [1.29, 1.82) is 5.41 Å². The van der Waals surface area contributed by atoms with E-state index in [1.807, 2.05) is 19.1 Å². The van der Waals surface area contributed by atoms with E-state index in [0.29, 0.717) is 10.7 Å². The third-order valence-corrected chi connectivity index (χ3v) is 2.49. The highest BCUT2D eigenvalue weighted by Crippen LogP contribution is 2.21. The van der Waals surface area contributed by atoms with Gasteiger partial charge in [-0.25, -0.2) is 4.98 Å². The molecule has 0 aliphatic rings. The van der Waals surface area contributed by atoms with Crippen LogP contribution in [0.5, 0.6) is 0 Å². The van der Waals surface area contributed by atoms with E-state index in [1.54, 1.807) is 12.1 Å². The van der Waals surface area contributed by atoms with E-state index in [2.05, 4.69) is 4.98 Å². The Balaban J connectivity index is 2.78. The van der Waals surface area contributed by atoms with Crippen LogP contribution >= 0.6 is 11.6 Å². The van der Waals surface area contributed by atoms with Gasteiger partial charge in [-0.1, -0.05) is 11.6 Å². The number of amidine groups is 1. The summed E-state index contributed by atoms with van der Waals surface area (Å²) in [5, 5.41) is 9.02. The minimum atomic E-state index is -0.0186. The number of aryl methyl sites for hydroxylation is 1. The van der Waals surface area contributed by atoms with Gasteiger partial charge in [0.1, 0.15) is 11.5 Å². The molecular weight excluding hydrogens is 210 g/mol. The predicted octanol–water partition coefficient (Wildman–Crippen LogP) is 2.48. The van der Waals surface area contributed by atoms with Gasteiger partial charge in [-0.3, -0.25) is 5.41 Å². The zero-order valence-corrected chi connectivity index (χ0v) is 8.97. The molecule has 0 saturated carbocycles. The second-order valence-electron chi connectivity index (χ2n) is 3.40. The lowest BCUT2D eigenvalue weighted by atomic mass is 10.1. The minimum Gasteiger partial charge on any atom is -0.382 e. The normalized spacial score (nSPS) is 10.5. The van der Waals surface area contributed by atoms with Crippen LogP contribution in [0, 0.1) is 12.3 Å². The molecule has 0 atom stereocenters. The number of hydrogen-bond acceptors (Lipinski definition) is 2. The van der Waals surface area contributed by atoms with E-state index in [4.69, 9.17) is 22.7 Å². The molecular formula is C11H10ClN3. The van der Waals surface area contributed by atoms with Gasteiger partial charge in [0.2, 0.25) is 0 Å². The summed E-state index contributed by atoms with van der Waals surface area (Å²) in [6.07, 6.45) is 0. The average molecular weight is 220 g/mol. The van der Waals surface area contributed by atoms with Crippen molar-refractivity contribution < 1.29 is 0 Å². The van der Waals surface area contributed by atoms with Crippen LogP contribution in [0.15, 0.2) is 24.3 Å². The molecule has 0 spiro atoms. The molecule has 0 aliphatic carbocycles. The number of nitrogens with zero attached hydrogens (tertiary/aromatic N) is 1. The fourth-order valence-corrected chi connectivity index (χ4v) is 1.68. The first kappa shape index (κ1) is 9.93. The number of nitrogen functional groups attached to an aromatic ring is 1. The van der Waals surface area contributed by atoms with Gasteiger partial charge in [-0.2, -0.15) is 0 Å². The van der Waals surface area contributed by atoms with E-state index < -0.39 is 0 Å². The number of aromatic nitrogens is 1. The average Bonchev–Trinajstić information content (AvgIpc) is 2.18. The van der Waals surface area contributed by atoms with Crippen molar-refractivity contribution in [2.75, 3.05) is 0 Å². The Morgan fingerprint density at radius 3 is 2.80 bits per heavy atom. The molecule has 0 aliphatic heterocycles. The van der Waals surface area contributed by atoms with E-state index in [0.717, 1.165) is 16.5 Å². The maximum absolute atomic E-state index is 7.34. The third-order valence-electron chi connectivity index (χ3n) is 2.25. The summed E-state index contributed by atoms with van der Waals surface area (Å²) in [6.45, 7) is 1.95. The molecule has 0 bridgehead atoms. The van der Waals surface area contributed by atoms with E-state index >= 15 is 0 Å². The van der Waals surface area contributed by atoms with Crippen LogP contribution in [0.4, 0.5) is 0 Å². The largest absolute Gasteiger partial charge is 0.382 e. The number of halogens is 1. The van der Waals surface area contributed by atoms with Crippen LogP contribution in [0.25, 0.3) is 10.9 Å². The summed E-state index contributed by atoms with van der Waals surface area (Å²) in [7, 11) is 0. The highest BCUT2D eigenvalue weighted by atomic mass is 35.5. The van der Waals surface area contributed by atoms with Gasteiger partial charge in [0.25, 0.3) is 0 Å². The monoisotopic (exact) mass is 219 g/mol. The number of hydrogen-bond donors (Lipinski definition) is 2. The molecule has 1 aromatic carbocycles. The van der Waals surface area contributed by atoms with Crippen molar-refractivity contribution in [3.8, 4) is 0 Å². The van der Waals surface area contributed by atoms with Crippen molar-refractivity contribution in [2.24, 2.45) is 5.73 Å². The first-order valence-corrected chi connectivity index (χ1v) is 4.87. The first-order valence-electron chi connectivity index (χ1n) is 4.49. The van der Waals surface area contributed by atoms with Gasteiger partial charge in [0.15, 0.2) is 0 Å². The molecule has 0 radical (unpaired) electrons. The summed E-state index contributed by atoms with van der Waals surface area (Å²) in [5.41, 5.74) is 7.73. The lowest BCUT2D eigenvalue weighted by Crippen LogP contribution is -2.13. The lowest BCUT2D eigenvalue weighted by molar-refractivity contribution is 1.28. The summed E-state index contributed by atoms with van der Waals surface area (Å²) in [6, 6.07) is 7.27. The number of benzene rings is 1. The lowest BCUT2D eigenvalue weighted by Gasteiger charge is -2.05. The molecule has 0 saturated heterocycles. The Bertz CT molecular complexity index is 549. The Hall–Kier alpha value is -1.61. The fraction of sp³-hybridized carbons (Fsp3) is 0.0909. The maximum Gasteiger partial charge on any atom is 0.141 e. The molecule has 4 heteroatoms. The van der Waals surface area contributed by atoms with Crippen molar-refractivity contribution in [3.63, 3.8) is 0 Å². The van der Waals surface area contributed by atoms with Crippen LogP contribution in [0.2, 0.25) is 5.02 Å². The van der Waals surface area contributed by atoms with E-state index in [1.165, 1.54) is 0 Å². The summed E-state index contributed by atoms with van der Waals surface area (Å²) in [5.74, 6) is -0.0186. The Labute approximate surface area is 92.4 Å². The Kier molecular flexibility index (Phi) is 2.32. The number of pyridine rings is 1. The van der Waals surface area contributed by atoms with Crippen LogP contribution < -0.4 is 5.73 Å². The second-order valence-corrected chi connectivity index (χ2v) is 3.84. The number of fused-ring (bicyclic) bond motifs is 1. The molecule has 1 heterocycles. The fourth-order valence-electron chi connectivity index (χ4n) is 1.50. The smallest absolute Gasteiger partial charge is 0.141 e. The standard InChI is InChI=1S/C11H10ClN3/c1-6-4-10(11(13)14)15-9-3-2-7(12)5-8(6)9/h2-5H,1H3,(H3,13,14). The molecule has 15 heavy (non-hydrogen) atoms. The summed E-state index contributed by atoms with van der Waals surface area (Å²) < 4.78 is 0. The van der Waals surface area contributed by atoms with Crippen molar-refractivity contribution in [1.82, 2.24) is 4.98 Å². The number of rotatable bonds is 1. The number of nitrogens with two attached hydrogens (primary N) is 1. The molecule has 0 fully saturated rings. The zero-order valence-electron chi connectivity index (χ0n) is 8.21. The highest BCUT2D eigenvalue weighted by Gasteiger charge is 2.04. The molecule has 3 nitrogen and oxygen atoms in total. The van der Waals surface area contributed by atoms with Gasteiger partial charge in [-0.15, -0.1) is 0 Å². The van der Waals surface area contributed by atoms with Crippen LogP contribution in [-0.4, -0.2) is 10.8 Å². The van der Waals surface area contributed by atoms with Gasteiger partial charge < -0.3 is 5.73 Å². The van der Waals surface area contributed by atoms with Gasteiger partial charge in [-0.05, 0) is 36.8 Å². The minimum absolute atomic E-state index is 0.0186. The first-order chi connectivity index (χ1) is 7.08. The Morgan fingerprint density at radius 1 is 1.40 bits per heavy atom. The second kappa shape index (κ2) is 3.51. The molecule has 2 aromatic rings. The molecule has 0 unspecified atom stereocenters. The molecule has 76 valence electrons. The maximum atomic E-state index is 7.34. The summed E-state index contributed by atoms with van der Waals surface area (Å²) >= 11 is 5.90. The molecule has 0 amide bonds. The topological polar surface area (TPSA) is 62.8 Å². The number of nitrogens with one attached hydrogen (secondary N) is 1. The third kappa shape index (κ3) is 1.78. The van der Waals surface area contributed by atoms with Crippen molar-refractivity contribution in [2.45, 2.75) is 6.92 Å².